The Hall–Kier alpha value is -1.68. The van der Waals surface area contributed by atoms with E-state index in [-0.39, 0.29) is 5.82 Å². The molecule has 94 valence electrons. The smallest absolute Gasteiger partial charge is 0.123 e. The van der Waals surface area contributed by atoms with Gasteiger partial charge >= 0.3 is 0 Å². The molecule has 0 spiro atoms. The van der Waals surface area contributed by atoms with Crippen LogP contribution in [0.5, 0.6) is 0 Å². The zero-order chi connectivity index (χ0) is 12.4. The molecule has 0 aliphatic carbocycles. The van der Waals surface area contributed by atoms with Crippen molar-refractivity contribution in [2.45, 2.75) is 25.4 Å². The highest BCUT2D eigenvalue weighted by Gasteiger charge is 2.19. The normalized spacial score (nSPS) is 19.3. The van der Waals surface area contributed by atoms with Gasteiger partial charge in [-0.25, -0.2) is 9.37 Å². The molecule has 2 aromatic rings. The van der Waals surface area contributed by atoms with Gasteiger partial charge in [0.25, 0.3) is 0 Å². The van der Waals surface area contributed by atoms with Gasteiger partial charge in [0.1, 0.15) is 5.82 Å². The van der Waals surface area contributed by atoms with E-state index in [2.05, 4.69) is 14.9 Å². The molecule has 1 aromatic heterocycles. The van der Waals surface area contributed by atoms with Gasteiger partial charge in [-0.2, -0.15) is 0 Å². The van der Waals surface area contributed by atoms with Gasteiger partial charge in [-0.1, -0.05) is 12.1 Å². The summed E-state index contributed by atoms with van der Waals surface area (Å²) in [6.07, 6.45) is 6.08. The molecule has 1 aliphatic heterocycles. The van der Waals surface area contributed by atoms with Crippen molar-refractivity contribution >= 4 is 0 Å². The Labute approximate surface area is 106 Å². The van der Waals surface area contributed by atoms with Crippen LogP contribution in [0.1, 0.15) is 30.1 Å². The van der Waals surface area contributed by atoms with E-state index < -0.39 is 0 Å². The van der Waals surface area contributed by atoms with E-state index in [1.54, 1.807) is 12.1 Å². The fraction of sp³-hybridized carbons (Fsp3) is 0.357. The second-order valence-electron chi connectivity index (χ2n) is 4.73. The standard InChI is InChI=1S/C14H16FN3/c15-12-4-1-3-11(7-12)9-18-10-16-8-14(18)13-5-2-6-17-13/h1,3-4,7-8,10,13,17H,2,5-6,9H2/t13-/m0/s1. The molecule has 0 unspecified atom stereocenters. The number of aromatic nitrogens is 2. The quantitative estimate of drug-likeness (QED) is 0.900. The summed E-state index contributed by atoms with van der Waals surface area (Å²) in [6, 6.07) is 7.12. The summed E-state index contributed by atoms with van der Waals surface area (Å²) in [6.45, 7) is 1.74. The first-order valence-electron chi connectivity index (χ1n) is 6.31. The number of nitrogens with one attached hydrogen (secondary N) is 1. The van der Waals surface area contributed by atoms with Crippen LogP contribution in [0.4, 0.5) is 4.39 Å². The highest BCUT2D eigenvalue weighted by molar-refractivity contribution is 5.18. The zero-order valence-electron chi connectivity index (χ0n) is 10.1. The maximum Gasteiger partial charge on any atom is 0.123 e. The minimum atomic E-state index is -0.187. The van der Waals surface area contributed by atoms with Gasteiger partial charge in [0.15, 0.2) is 0 Å². The highest BCUT2D eigenvalue weighted by atomic mass is 19.1. The van der Waals surface area contributed by atoms with Crippen LogP contribution in [0, 0.1) is 5.82 Å². The molecule has 3 rings (SSSR count). The Morgan fingerprint density at radius 1 is 1.44 bits per heavy atom. The molecule has 1 aliphatic rings. The van der Waals surface area contributed by atoms with Crippen molar-refractivity contribution in [3.8, 4) is 0 Å². The fourth-order valence-corrected chi connectivity index (χ4v) is 2.52. The third-order valence-corrected chi connectivity index (χ3v) is 3.40. The van der Waals surface area contributed by atoms with E-state index >= 15 is 0 Å². The lowest BCUT2D eigenvalue weighted by molar-refractivity contribution is 0.581. The van der Waals surface area contributed by atoms with Crippen LogP contribution >= 0.6 is 0 Å². The highest BCUT2D eigenvalue weighted by Crippen LogP contribution is 2.23. The van der Waals surface area contributed by atoms with Gasteiger partial charge in [-0.15, -0.1) is 0 Å². The van der Waals surface area contributed by atoms with Gasteiger partial charge in [0, 0.05) is 18.8 Å². The summed E-state index contributed by atoms with van der Waals surface area (Å²) in [7, 11) is 0. The number of rotatable bonds is 3. The first-order valence-corrected chi connectivity index (χ1v) is 6.31. The molecule has 1 aromatic carbocycles. The molecule has 18 heavy (non-hydrogen) atoms. The first kappa shape index (κ1) is 11.4. The average molecular weight is 245 g/mol. The number of benzene rings is 1. The average Bonchev–Trinajstić information content (AvgIpc) is 2.98. The lowest BCUT2D eigenvalue weighted by Gasteiger charge is -2.14. The van der Waals surface area contributed by atoms with E-state index in [1.807, 2.05) is 18.6 Å². The van der Waals surface area contributed by atoms with Crippen molar-refractivity contribution in [3.05, 3.63) is 53.9 Å². The molecule has 4 heteroatoms. The monoisotopic (exact) mass is 245 g/mol. The van der Waals surface area contributed by atoms with E-state index in [0.29, 0.717) is 12.6 Å². The van der Waals surface area contributed by atoms with Gasteiger partial charge in [0.2, 0.25) is 0 Å². The third-order valence-electron chi connectivity index (χ3n) is 3.40. The van der Waals surface area contributed by atoms with Crippen LogP contribution in [0.25, 0.3) is 0 Å². The number of halogens is 1. The summed E-state index contributed by atoms with van der Waals surface area (Å²) < 4.78 is 15.3. The maximum atomic E-state index is 13.2. The van der Waals surface area contributed by atoms with E-state index in [9.17, 15) is 4.39 Å². The molecule has 0 saturated carbocycles. The van der Waals surface area contributed by atoms with Crippen molar-refractivity contribution in [1.29, 1.82) is 0 Å². The van der Waals surface area contributed by atoms with Crippen LogP contribution in [0.2, 0.25) is 0 Å². The predicted molar refractivity (Wildman–Crippen MR) is 67.7 cm³/mol. The van der Waals surface area contributed by atoms with E-state index in [4.69, 9.17) is 0 Å². The predicted octanol–water partition coefficient (Wildman–Crippen LogP) is 2.50. The molecule has 0 bridgehead atoms. The summed E-state index contributed by atoms with van der Waals surface area (Å²) >= 11 is 0. The number of hydrogen-bond donors (Lipinski definition) is 1. The first-order chi connectivity index (χ1) is 8.83. The van der Waals surface area contributed by atoms with Gasteiger partial charge in [0.05, 0.1) is 12.0 Å². The largest absolute Gasteiger partial charge is 0.329 e. The zero-order valence-corrected chi connectivity index (χ0v) is 10.1. The van der Waals surface area contributed by atoms with Crippen LogP contribution in [-0.2, 0) is 6.54 Å². The Balaban J connectivity index is 1.82. The van der Waals surface area contributed by atoms with Crippen LogP contribution < -0.4 is 5.32 Å². The fourth-order valence-electron chi connectivity index (χ4n) is 2.52. The molecule has 1 fully saturated rings. The summed E-state index contributed by atoms with van der Waals surface area (Å²) in [5, 5.41) is 3.46. The van der Waals surface area contributed by atoms with Gasteiger partial charge < -0.3 is 9.88 Å². The molecule has 1 N–H and O–H groups in total. The molecule has 3 nitrogen and oxygen atoms in total. The van der Waals surface area contributed by atoms with Crippen LogP contribution in [0.15, 0.2) is 36.8 Å². The second-order valence-corrected chi connectivity index (χ2v) is 4.73. The minimum absolute atomic E-state index is 0.187. The number of nitrogens with zero attached hydrogens (tertiary/aromatic N) is 2. The molecule has 0 amide bonds. The van der Waals surface area contributed by atoms with Crippen molar-refractivity contribution < 1.29 is 4.39 Å². The summed E-state index contributed by atoms with van der Waals surface area (Å²) in [5.41, 5.74) is 2.16. The molecular weight excluding hydrogens is 229 g/mol. The molecule has 0 radical (unpaired) electrons. The van der Waals surface area contributed by atoms with Crippen LogP contribution in [-0.4, -0.2) is 16.1 Å². The Morgan fingerprint density at radius 3 is 3.17 bits per heavy atom. The summed E-state index contributed by atoms with van der Waals surface area (Å²) in [4.78, 5) is 4.21. The topological polar surface area (TPSA) is 29.9 Å². The molecular formula is C14H16FN3. The lowest BCUT2D eigenvalue weighted by Crippen LogP contribution is -2.17. The van der Waals surface area contributed by atoms with Crippen molar-refractivity contribution in [1.82, 2.24) is 14.9 Å². The molecule has 1 saturated heterocycles. The number of imidazole rings is 1. The van der Waals surface area contributed by atoms with Gasteiger partial charge in [-0.3, -0.25) is 0 Å². The van der Waals surface area contributed by atoms with Crippen molar-refractivity contribution in [2.24, 2.45) is 0 Å². The Kier molecular flexibility index (Phi) is 3.11. The SMILES string of the molecule is Fc1cccc(Cn2cncc2[C@@H]2CCCN2)c1. The summed E-state index contributed by atoms with van der Waals surface area (Å²) in [5.74, 6) is -0.187. The van der Waals surface area contributed by atoms with Crippen LogP contribution in [0.3, 0.4) is 0 Å². The Morgan fingerprint density at radius 2 is 2.39 bits per heavy atom. The maximum absolute atomic E-state index is 13.2. The van der Waals surface area contributed by atoms with E-state index in [0.717, 1.165) is 18.5 Å². The van der Waals surface area contributed by atoms with Crippen molar-refractivity contribution in [2.75, 3.05) is 6.54 Å². The second kappa shape index (κ2) is 4.90. The minimum Gasteiger partial charge on any atom is -0.329 e. The lowest BCUT2D eigenvalue weighted by atomic mass is 10.1. The third kappa shape index (κ3) is 2.29. The van der Waals surface area contributed by atoms with Crippen molar-refractivity contribution in [3.63, 3.8) is 0 Å². The molecule has 2 heterocycles. The van der Waals surface area contributed by atoms with Gasteiger partial charge in [-0.05, 0) is 37.1 Å². The molecule has 1 atom stereocenters. The number of hydrogen-bond acceptors (Lipinski definition) is 2. The Bertz CT molecular complexity index is 529. The van der Waals surface area contributed by atoms with E-state index in [1.165, 1.54) is 18.2 Å².